The molecule has 1 aromatic carbocycles. The van der Waals surface area contributed by atoms with Crippen LogP contribution in [0.15, 0.2) is 30.3 Å². The summed E-state index contributed by atoms with van der Waals surface area (Å²) in [6.07, 6.45) is -2.51. The average Bonchev–Trinajstić information content (AvgIpc) is 2.25. The van der Waals surface area contributed by atoms with Gasteiger partial charge in [-0.25, -0.2) is 8.78 Å². The molecule has 3 nitrogen and oxygen atoms in total. The van der Waals surface area contributed by atoms with Gasteiger partial charge in [-0.15, -0.1) is 0 Å². The minimum Gasteiger partial charge on any atom is -0.376 e. The van der Waals surface area contributed by atoms with Gasteiger partial charge in [0, 0.05) is 5.69 Å². The van der Waals surface area contributed by atoms with Crippen LogP contribution in [0.5, 0.6) is 0 Å². The highest BCUT2D eigenvalue weighted by atomic mass is 19.3. The van der Waals surface area contributed by atoms with Gasteiger partial charge < -0.3 is 10.6 Å². The summed E-state index contributed by atoms with van der Waals surface area (Å²) in [4.78, 5) is 11.0. The summed E-state index contributed by atoms with van der Waals surface area (Å²) in [6.45, 7) is -0.605. The summed E-state index contributed by atoms with van der Waals surface area (Å²) >= 11 is 0. The Hall–Kier alpha value is -1.65. The van der Waals surface area contributed by atoms with Crippen molar-refractivity contribution < 1.29 is 13.6 Å². The lowest BCUT2D eigenvalue weighted by atomic mass is 10.3. The molecule has 0 atom stereocenters. The van der Waals surface area contributed by atoms with Gasteiger partial charge in [0.15, 0.2) is 0 Å². The van der Waals surface area contributed by atoms with Crippen LogP contribution in [0.1, 0.15) is 0 Å². The van der Waals surface area contributed by atoms with Crippen LogP contribution in [0.3, 0.4) is 0 Å². The Morgan fingerprint density at radius 2 is 1.93 bits per heavy atom. The van der Waals surface area contributed by atoms with Crippen LogP contribution in [0.2, 0.25) is 0 Å². The van der Waals surface area contributed by atoms with E-state index >= 15 is 0 Å². The first-order chi connectivity index (χ1) is 7.18. The lowest BCUT2D eigenvalue weighted by Gasteiger charge is -2.06. The molecule has 0 heterocycles. The van der Waals surface area contributed by atoms with Gasteiger partial charge >= 0.3 is 0 Å². The maximum atomic E-state index is 11.7. The third kappa shape index (κ3) is 4.95. The van der Waals surface area contributed by atoms with Crippen molar-refractivity contribution in [3.05, 3.63) is 30.3 Å². The number of hydrogen-bond acceptors (Lipinski definition) is 2. The molecule has 0 saturated heterocycles. The molecule has 0 aliphatic carbocycles. The van der Waals surface area contributed by atoms with Gasteiger partial charge in [-0.05, 0) is 12.1 Å². The number of nitrogens with one attached hydrogen (secondary N) is 2. The molecule has 1 aromatic rings. The second kappa shape index (κ2) is 5.95. The Labute approximate surface area is 86.5 Å². The van der Waals surface area contributed by atoms with Gasteiger partial charge in [-0.3, -0.25) is 4.79 Å². The van der Waals surface area contributed by atoms with E-state index < -0.39 is 18.9 Å². The number of amides is 1. The Morgan fingerprint density at radius 1 is 1.27 bits per heavy atom. The predicted molar refractivity (Wildman–Crippen MR) is 53.9 cm³/mol. The summed E-state index contributed by atoms with van der Waals surface area (Å²) in [5, 5.41) is 4.91. The predicted octanol–water partition coefficient (Wildman–Crippen LogP) is 1.48. The fraction of sp³-hybridized carbons (Fsp3) is 0.300. The van der Waals surface area contributed by atoms with Gasteiger partial charge in [0.2, 0.25) is 5.91 Å². The van der Waals surface area contributed by atoms with Crippen molar-refractivity contribution in [3.8, 4) is 0 Å². The molecule has 0 aliphatic rings. The van der Waals surface area contributed by atoms with Gasteiger partial charge in [-0.2, -0.15) is 0 Å². The maximum Gasteiger partial charge on any atom is 0.255 e. The first-order valence-corrected chi connectivity index (χ1v) is 4.52. The fourth-order valence-corrected chi connectivity index (χ4v) is 0.992. The standard InChI is InChI=1S/C10H12F2N2O/c11-9(12)6-14-10(15)7-13-8-4-2-1-3-5-8/h1-5,9,13H,6-7H2,(H,14,15). The van der Waals surface area contributed by atoms with Crippen LogP contribution in [-0.2, 0) is 4.79 Å². The molecule has 0 bridgehead atoms. The van der Waals surface area contributed by atoms with Crippen molar-refractivity contribution in [1.82, 2.24) is 5.32 Å². The second-order valence-electron chi connectivity index (χ2n) is 2.91. The number of halogens is 2. The number of anilines is 1. The molecule has 5 heteroatoms. The van der Waals surface area contributed by atoms with E-state index in [0.29, 0.717) is 0 Å². The normalized spacial score (nSPS) is 10.1. The zero-order valence-corrected chi connectivity index (χ0v) is 8.04. The van der Waals surface area contributed by atoms with Crippen LogP contribution in [-0.4, -0.2) is 25.4 Å². The SMILES string of the molecule is O=C(CNc1ccccc1)NCC(F)F. The first-order valence-electron chi connectivity index (χ1n) is 4.52. The number of benzene rings is 1. The average molecular weight is 214 g/mol. The van der Waals surface area contributed by atoms with E-state index in [1.165, 1.54) is 0 Å². The zero-order valence-electron chi connectivity index (χ0n) is 8.04. The second-order valence-corrected chi connectivity index (χ2v) is 2.91. The number of hydrogen-bond donors (Lipinski definition) is 2. The van der Waals surface area contributed by atoms with E-state index in [9.17, 15) is 13.6 Å². The molecule has 0 saturated carbocycles. The quantitative estimate of drug-likeness (QED) is 0.779. The van der Waals surface area contributed by atoms with Crippen molar-refractivity contribution in [2.45, 2.75) is 6.43 Å². The minimum atomic E-state index is -2.51. The number of para-hydroxylation sites is 1. The molecular formula is C10H12F2N2O. The highest BCUT2D eigenvalue weighted by molar-refractivity contribution is 5.80. The van der Waals surface area contributed by atoms with Crippen molar-refractivity contribution in [2.75, 3.05) is 18.4 Å². The number of carbonyl (C=O) groups excluding carboxylic acids is 1. The lowest BCUT2D eigenvalue weighted by Crippen LogP contribution is -2.33. The molecule has 15 heavy (non-hydrogen) atoms. The van der Waals surface area contributed by atoms with Crippen LogP contribution in [0.4, 0.5) is 14.5 Å². The Kier molecular flexibility index (Phi) is 4.53. The van der Waals surface area contributed by atoms with Crippen LogP contribution in [0.25, 0.3) is 0 Å². The number of alkyl halides is 2. The number of rotatable bonds is 5. The summed E-state index contributed by atoms with van der Waals surface area (Å²) in [7, 11) is 0. The van der Waals surface area contributed by atoms with Crippen LogP contribution >= 0.6 is 0 Å². The van der Waals surface area contributed by atoms with Crippen molar-refractivity contribution in [3.63, 3.8) is 0 Å². The zero-order chi connectivity index (χ0) is 11.1. The Balaban J connectivity index is 2.23. The molecule has 0 aromatic heterocycles. The van der Waals surface area contributed by atoms with E-state index in [-0.39, 0.29) is 6.54 Å². The molecule has 0 spiro atoms. The first kappa shape index (κ1) is 11.4. The topological polar surface area (TPSA) is 41.1 Å². The highest BCUT2D eigenvalue weighted by Gasteiger charge is 2.05. The molecule has 82 valence electrons. The number of carbonyl (C=O) groups is 1. The fourth-order valence-electron chi connectivity index (χ4n) is 0.992. The largest absolute Gasteiger partial charge is 0.376 e. The lowest BCUT2D eigenvalue weighted by molar-refractivity contribution is -0.120. The molecule has 0 radical (unpaired) electrons. The van der Waals surface area contributed by atoms with Gasteiger partial charge in [0.25, 0.3) is 6.43 Å². The van der Waals surface area contributed by atoms with E-state index in [2.05, 4.69) is 10.6 Å². The van der Waals surface area contributed by atoms with Crippen molar-refractivity contribution >= 4 is 11.6 Å². The molecule has 0 fully saturated rings. The maximum absolute atomic E-state index is 11.7. The van der Waals surface area contributed by atoms with E-state index in [1.54, 1.807) is 12.1 Å². The highest BCUT2D eigenvalue weighted by Crippen LogP contribution is 2.03. The monoisotopic (exact) mass is 214 g/mol. The summed E-state index contributed by atoms with van der Waals surface area (Å²) in [5.74, 6) is -0.445. The molecule has 0 unspecified atom stereocenters. The molecular weight excluding hydrogens is 202 g/mol. The van der Waals surface area contributed by atoms with Crippen LogP contribution < -0.4 is 10.6 Å². The molecule has 1 amide bonds. The van der Waals surface area contributed by atoms with E-state index in [4.69, 9.17) is 0 Å². The summed E-state index contributed by atoms with van der Waals surface area (Å²) < 4.78 is 23.4. The van der Waals surface area contributed by atoms with Crippen molar-refractivity contribution in [2.24, 2.45) is 0 Å². The molecule has 2 N–H and O–H groups in total. The van der Waals surface area contributed by atoms with E-state index in [1.807, 2.05) is 18.2 Å². The minimum absolute atomic E-state index is 0.00324. The Bertz CT molecular complexity index is 304. The summed E-state index contributed by atoms with van der Waals surface area (Å²) in [6, 6.07) is 9.07. The Morgan fingerprint density at radius 3 is 2.53 bits per heavy atom. The third-order valence-electron chi connectivity index (χ3n) is 1.68. The van der Waals surface area contributed by atoms with E-state index in [0.717, 1.165) is 5.69 Å². The smallest absolute Gasteiger partial charge is 0.255 e. The molecule has 1 rings (SSSR count). The third-order valence-corrected chi connectivity index (χ3v) is 1.68. The summed E-state index contributed by atoms with van der Waals surface area (Å²) in [5.41, 5.74) is 0.782. The molecule has 0 aliphatic heterocycles. The van der Waals surface area contributed by atoms with Gasteiger partial charge in [-0.1, -0.05) is 18.2 Å². The van der Waals surface area contributed by atoms with Gasteiger partial charge in [0.1, 0.15) is 0 Å². The van der Waals surface area contributed by atoms with Crippen LogP contribution in [0, 0.1) is 0 Å². The van der Waals surface area contributed by atoms with Crippen molar-refractivity contribution in [1.29, 1.82) is 0 Å². The van der Waals surface area contributed by atoms with Gasteiger partial charge in [0.05, 0.1) is 13.1 Å².